The smallest absolute Gasteiger partial charge is 0.263 e. The van der Waals surface area contributed by atoms with Crippen LogP contribution in [0.1, 0.15) is 23.3 Å². The van der Waals surface area contributed by atoms with Crippen molar-refractivity contribution >= 4 is 33.3 Å². The van der Waals surface area contributed by atoms with E-state index in [1.165, 1.54) is 40.8 Å². The number of aromatic nitrogens is 2. The van der Waals surface area contributed by atoms with Gasteiger partial charge in [0.15, 0.2) is 5.16 Å². The first-order valence-corrected chi connectivity index (χ1v) is 11.5. The Bertz CT molecular complexity index is 1050. The van der Waals surface area contributed by atoms with E-state index < -0.39 is 0 Å². The van der Waals surface area contributed by atoms with Crippen molar-refractivity contribution in [3.8, 4) is 5.75 Å². The van der Waals surface area contributed by atoms with Crippen molar-refractivity contribution in [2.75, 3.05) is 26.1 Å². The second-order valence-electron chi connectivity index (χ2n) is 6.89. The van der Waals surface area contributed by atoms with Crippen LogP contribution in [0.2, 0.25) is 0 Å². The molecule has 8 heteroatoms. The molecule has 0 saturated heterocycles. The number of ether oxygens (including phenoxy) is 2. The Morgan fingerprint density at radius 3 is 2.79 bits per heavy atom. The summed E-state index contributed by atoms with van der Waals surface area (Å²) < 4.78 is 25.6. The highest BCUT2D eigenvalue weighted by molar-refractivity contribution is 7.99. The topological polar surface area (TPSA) is 53.4 Å². The number of thioether (sulfide) groups is 1. The van der Waals surface area contributed by atoms with Crippen LogP contribution in [-0.2, 0) is 24.1 Å². The molecule has 0 amide bonds. The molecule has 0 aliphatic heterocycles. The van der Waals surface area contributed by atoms with Crippen LogP contribution in [0.4, 0.5) is 4.39 Å². The van der Waals surface area contributed by atoms with Crippen molar-refractivity contribution in [1.82, 2.24) is 9.55 Å². The third-order valence-corrected chi connectivity index (χ3v) is 7.08. The third-order valence-electron chi connectivity index (χ3n) is 4.96. The molecule has 0 spiro atoms. The molecule has 0 bridgehead atoms. The van der Waals surface area contributed by atoms with Crippen LogP contribution >= 0.6 is 23.1 Å². The van der Waals surface area contributed by atoms with Crippen molar-refractivity contribution in [3.05, 3.63) is 50.9 Å². The number of nitrogens with zero attached hydrogens (tertiary/aromatic N) is 2. The maximum absolute atomic E-state index is 13.3. The van der Waals surface area contributed by atoms with Gasteiger partial charge in [-0.15, -0.1) is 11.3 Å². The maximum atomic E-state index is 13.3. The normalized spacial score (nSPS) is 13.6. The zero-order valence-electron chi connectivity index (χ0n) is 16.3. The summed E-state index contributed by atoms with van der Waals surface area (Å²) in [5.41, 5.74) is 1.24. The summed E-state index contributed by atoms with van der Waals surface area (Å²) in [6, 6.07) is 5.96. The lowest BCUT2D eigenvalue weighted by atomic mass is 9.97. The first-order valence-electron chi connectivity index (χ1n) is 9.72. The summed E-state index contributed by atoms with van der Waals surface area (Å²) in [4.78, 5) is 20.3. The minimum absolute atomic E-state index is 0.0356. The van der Waals surface area contributed by atoms with Crippen LogP contribution in [0.5, 0.6) is 5.75 Å². The molecule has 2 aromatic heterocycles. The molecular formula is C21H23FN2O3S2. The van der Waals surface area contributed by atoms with Gasteiger partial charge in [0.05, 0.1) is 25.1 Å². The van der Waals surface area contributed by atoms with E-state index in [0.717, 1.165) is 29.5 Å². The Balaban J connectivity index is 1.55. The van der Waals surface area contributed by atoms with Gasteiger partial charge in [-0.2, -0.15) is 0 Å². The molecule has 5 nitrogen and oxygen atoms in total. The summed E-state index contributed by atoms with van der Waals surface area (Å²) in [6.07, 6.45) is 4.32. The fourth-order valence-electron chi connectivity index (χ4n) is 3.53. The van der Waals surface area contributed by atoms with E-state index in [2.05, 4.69) is 0 Å². The summed E-state index contributed by atoms with van der Waals surface area (Å²) in [5.74, 6) is 0.969. The molecule has 29 heavy (non-hydrogen) atoms. The van der Waals surface area contributed by atoms with Gasteiger partial charge in [-0.05, 0) is 55.5 Å². The minimum atomic E-state index is -0.287. The van der Waals surface area contributed by atoms with Gasteiger partial charge in [-0.25, -0.2) is 9.37 Å². The van der Waals surface area contributed by atoms with E-state index in [1.807, 2.05) is 0 Å². The van der Waals surface area contributed by atoms with E-state index in [1.54, 1.807) is 35.1 Å². The predicted octanol–water partition coefficient (Wildman–Crippen LogP) is 4.29. The van der Waals surface area contributed by atoms with Gasteiger partial charge in [-0.1, -0.05) is 11.8 Å². The fourth-order valence-corrected chi connectivity index (χ4v) is 5.68. The van der Waals surface area contributed by atoms with Crippen LogP contribution < -0.4 is 10.3 Å². The molecule has 0 saturated carbocycles. The summed E-state index contributed by atoms with van der Waals surface area (Å²) in [5, 5.41) is 1.49. The van der Waals surface area contributed by atoms with E-state index in [-0.39, 0.29) is 11.4 Å². The molecule has 0 unspecified atom stereocenters. The molecule has 0 fully saturated rings. The first-order chi connectivity index (χ1) is 14.2. The average Bonchev–Trinajstić information content (AvgIpc) is 3.10. The number of benzene rings is 1. The zero-order chi connectivity index (χ0) is 20.2. The SMILES string of the molecule is COCCn1c(SCCOc2ccc(F)cc2)nc2sc3c(c2c1=O)CCCC3. The van der Waals surface area contributed by atoms with Gasteiger partial charge in [0.1, 0.15) is 16.4 Å². The van der Waals surface area contributed by atoms with Crippen molar-refractivity contribution < 1.29 is 13.9 Å². The van der Waals surface area contributed by atoms with Gasteiger partial charge in [0.25, 0.3) is 5.56 Å². The third kappa shape index (κ3) is 4.49. The number of hydrogen-bond acceptors (Lipinski definition) is 6. The Morgan fingerprint density at radius 2 is 2.00 bits per heavy atom. The number of thiophene rings is 1. The second kappa shape index (κ2) is 9.28. The van der Waals surface area contributed by atoms with E-state index in [9.17, 15) is 9.18 Å². The molecule has 1 aliphatic carbocycles. The van der Waals surface area contributed by atoms with Crippen LogP contribution in [0, 0.1) is 5.82 Å². The first kappa shape index (κ1) is 20.4. The molecular weight excluding hydrogens is 411 g/mol. The van der Waals surface area contributed by atoms with E-state index in [0.29, 0.717) is 36.4 Å². The standard InChI is InChI=1S/C21H23FN2O3S2/c1-26-11-10-24-20(25)18-16-4-2-3-5-17(16)29-19(18)23-21(24)28-13-12-27-15-8-6-14(22)7-9-15/h6-9H,2-5,10-13H2,1H3. The highest BCUT2D eigenvalue weighted by atomic mass is 32.2. The average molecular weight is 435 g/mol. The Morgan fingerprint density at radius 1 is 1.21 bits per heavy atom. The molecule has 0 N–H and O–H groups in total. The van der Waals surface area contributed by atoms with Crippen LogP contribution in [0.3, 0.4) is 0 Å². The van der Waals surface area contributed by atoms with Gasteiger partial charge in [0.2, 0.25) is 0 Å². The number of rotatable bonds is 8. The fraction of sp³-hybridized carbons (Fsp3) is 0.429. The molecule has 0 radical (unpaired) electrons. The van der Waals surface area contributed by atoms with Gasteiger partial charge in [-0.3, -0.25) is 9.36 Å². The lowest BCUT2D eigenvalue weighted by molar-refractivity contribution is 0.183. The highest BCUT2D eigenvalue weighted by Crippen LogP contribution is 2.34. The van der Waals surface area contributed by atoms with Crippen LogP contribution in [0.25, 0.3) is 10.2 Å². The minimum Gasteiger partial charge on any atom is -0.493 e. The Hall–Kier alpha value is -1.90. The molecule has 154 valence electrons. The molecule has 4 rings (SSSR count). The Kier molecular flexibility index (Phi) is 6.52. The van der Waals surface area contributed by atoms with Crippen LogP contribution in [-0.4, -0.2) is 35.6 Å². The van der Waals surface area contributed by atoms with Crippen molar-refractivity contribution in [1.29, 1.82) is 0 Å². The Labute approximate surface area is 176 Å². The molecule has 3 aromatic rings. The zero-order valence-corrected chi connectivity index (χ0v) is 17.9. The van der Waals surface area contributed by atoms with Crippen molar-refractivity contribution in [3.63, 3.8) is 0 Å². The summed E-state index contributed by atoms with van der Waals surface area (Å²) in [7, 11) is 1.63. The van der Waals surface area contributed by atoms with Gasteiger partial charge < -0.3 is 9.47 Å². The van der Waals surface area contributed by atoms with Crippen molar-refractivity contribution in [2.24, 2.45) is 0 Å². The monoisotopic (exact) mass is 434 g/mol. The summed E-state index contributed by atoms with van der Waals surface area (Å²) in [6.45, 7) is 1.37. The largest absolute Gasteiger partial charge is 0.493 e. The van der Waals surface area contributed by atoms with Crippen molar-refractivity contribution in [2.45, 2.75) is 37.4 Å². The van der Waals surface area contributed by atoms with Crippen LogP contribution in [0.15, 0.2) is 34.2 Å². The second-order valence-corrected chi connectivity index (χ2v) is 9.03. The number of hydrogen-bond donors (Lipinski definition) is 0. The lowest BCUT2D eigenvalue weighted by Gasteiger charge is -2.13. The quantitative estimate of drug-likeness (QED) is 0.301. The number of aryl methyl sites for hydroxylation is 2. The number of methoxy groups -OCH3 is 1. The lowest BCUT2D eigenvalue weighted by Crippen LogP contribution is -2.25. The highest BCUT2D eigenvalue weighted by Gasteiger charge is 2.22. The maximum Gasteiger partial charge on any atom is 0.263 e. The molecule has 2 heterocycles. The number of halogens is 1. The predicted molar refractivity (Wildman–Crippen MR) is 115 cm³/mol. The molecule has 0 atom stereocenters. The van der Waals surface area contributed by atoms with Gasteiger partial charge >= 0.3 is 0 Å². The van der Waals surface area contributed by atoms with E-state index in [4.69, 9.17) is 14.5 Å². The number of fused-ring (bicyclic) bond motifs is 3. The van der Waals surface area contributed by atoms with Gasteiger partial charge in [0, 0.05) is 17.7 Å². The molecule has 1 aliphatic rings. The summed E-state index contributed by atoms with van der Waals surface area (Å²) >= 11 is 3.16. The molecule has 1 aromatic carbocycles. The van der Waals surface area contributed by atoms with E-state index >= 15 is 0 Å².